The molecule has 0 amide bonds. The van der Waals surface area contributed by atoms with Crippen LogP contribution in [-0.4, -0.2) is 69.3 Å². The monoisotopic (exact) mass is 495 g/mol. The average Bonchev–Trinajstić information content (AvgIpc) is 3.49. The number of anilines is 1. The molecule has 5 aliphatic rings. The van der Waals surface area contributed by atoms with Gasteiger partial charge in [0.1, 0.15) is 17.2 Å². The minimum absolute atomic E-state index is 0.122. The number of rotatable bonds is 2. The number of nitrogens with two attached hydrogens (primary N) is 1. The topological polar surface area (TPSA) is 105 Å². The second-order valence-electron chi connectivity index (χ2n) is 12.2. The third kappa shape index (κ3) is 2.58. The average molecular weight is 496 g/mol. The zero-order valence-electron chi connectivity index (χ0n) is 21.0. The SMILES string of the molecule is CN(C)[C@H]1C[C@@]23CC[C@@]4(O2)C(=CC[C@]2(C)C(c5ccc6nc(N)oc6c5)=CCC24)CC3(F)[C@@H](O)[C@@H]1O. The van der Waals surface area contributed by atoms with Crippen molar-refractivity contribution in [2.24, 2.45) is 11.3 Å². The molecule has 0 radical (unpaired) electrons. The van der Waals surface area contributed by atoms with Gasteiger partial charge >= 0.3 is 0 Å². The van der Waals surface area contributed by atoms with Gasteiger partial charge in [-0.25, -0.2) is 4.39 Å². The number of likely N-dealkylation sites (N-methyl/N-ethyl adjacent to an activating group) is 1. The summed E-state index contributed by atoms with van der Waals surface area (Å²) < 4.78 is 29.4. The van der Waals surface area contributed by atoms with Crippen LogP contribution in [0.25, 0.3) is 16.7 Å². The lowest BCUT2D eigenvalue weighted by atomic mass is 9.56. The Kier molecular flexibility index (Phi) is 4.44. The highest BCUT2D eigenvalue weighted by atomic mass is 19.1. The van der Waals surface area contributed by atoms with E-state index in [1.807, 2.05) is 31.1 Å². The molecule has 36 heavy (non-hydrogen) atoms. The van der Waals surface area contributed by atoms with Gasteiger partial charge in [-0.15, -0.1) is 0 Å². The predicted octanol–water partition coefficient (Wildman–Crippen LogP) is 3.61. The van der Waals surface area contributed by atoms with E-state index in [-0.39, 0.29) is 29.8 Å². The molecule has 8 atom stereocenters. The van der Waals surface area contributed by atoms with Crippen molar-refractivity contribution in [1.29, 1.82) is 0 Å². The van der Waals surface area contributed by atoms with Crippen LogP contribution in [0.3, 0.4) is 0 Å². The van der Waals surface area contributed by atoms with E-state index in [9.17, 15) is 10.2 Å². The number of hydrogen-bond acceptors (Lipinski definition) is 7. The van der Waals surface area contributed by atoms with Gasteiger partial charge < -0.3 is 30.0 Å². The van der Waals surface area contributed by atoms with Crippen LogP contribution in [0.15, 0.2) is 40.3 Å². The number of halogens is 1. The standard InChI is InChI=1S/C28H34FN3O4/c1-25-9-8-16-13-28(29)23(34)22(33)19(32(2)3)14-26(28)10-11-27(16,36-26)21(25)7-5-17(25)15-4-6-18-20(12-15)35-24(30)31-18/h4-6,8,12,19,21-23,33-34H,7,9-11,13-14H2,1-3H3,(H2,30,31)/t19-,21?,22+,23-,25+,26+,27+,28?/m0/s1. The van der Waals surface area contributed by atoms with E-state index >= 15 is 4.39 Å². The highest BCUT2D eigenvalue weighted by Crippen LogP contribution is 2.70. The number of nitrogens with zero attached hydrogens (tertiary/aromatic N) is 2. The van der Waals surface area contributed by atoms with Crippen LogP contribution in [0.4, 0.5) is 10.4 Å². The van der Waals surface area contributed by atoms with E-state index in [1.54, 1.807) is 0 Å². The molecule has 2 bridgehead atoms. The number of alkyl halides is 1. The molecule has 2 aliphatic heterocycles. The first-order chi connectivity index (χ1) is 17.0. The third-order valence-corrected chi connectivity index (χ3v) is 10.4. The molecule has 3 fully saturated rings. The van der Waals surface area contributed by atoms with Crippen molar-refractivity contribution >= 4 is 22.7 Å². The van der Waals surface area contributed by atoms with Crippen LogP contribution in [-0.2, 0) is 4.74 Å². The Morgan fingerprint density at radius 2 is 2.00 bits per heavy atom. The molecular formula is C28H34FN3O4. The molecule has 2 aromatic rings. The number of nitrogen functional groups attached to an aromatic ring is 1. The lowest BCUT2D eigenvalue weighted by molar-refractivity contribution is -0.282. The van der Waals surface area contributed by atoms with Gasteiger partial charge in [-0.1, -0.05) is 25.1 Å². The van der Waals surface area contributed by atoms with Gasteiger partial charge in [0.25, 0.3) is 6.01 Å². The molecule has 192 valence electrons. The number of hydrogen-bond donors (Lipinski definition) is 3. The fourth-order valence-corrected chi connectivity index (χ4v) is 8.54. The van der Waals surface area contributed by atoms with Crippen molar-refractivity contribution in [3.8, 4) is 0 Å². The van der Waals surface area contributed by atoms with Gasteiger partial charge in [0.05, 0.1) is 11.7 Å². The highest BCUT2D eigenvalue weighted by molar-refractivity contribution is 5.83. The molecule has 8 heteroatoms. The minimum atomic E-state index is -2.00. The maximum absolute atomic E-state index is 16.8. The van der Waals surface area contributed by atoms with Crippen molar-refractivity contribution in [3.05, 3.63) is 41.5 Å². The largest absolute Gasteiger partial charge is 0.424 e. The fourth-order valence-electron chi connectivity index (χ4n) is 8.54. The number of oxazole rings is 1. The van der Waals surface area contributed by atoms with E-state index in [4.69, 9.17) is 14.9 Å². The van der Waals surface area contributed by atoms with Crippen LogP contribution < -0.4 is 5.73 Å². The molecule has 4 N–H and O–H groups in total. The van der Waals surface area contributed by atoms with Crippen LogP contribution in [0, 0.1) is 11.3 Å². The van der Waals surface area contributed by atoms with Crippen LogP contribution in [0.5, 0.6) is 0 Å². The van der Waals surface area contributed by atoms with Crippen LogP contribution >= 0.6 is 0 Å². The first-order valence-corrected chi connectivity index (χ1v) is 13.0. The van der Waals surface area contributed by atoms with Crippen LogP contribution in [0.1, 0.15) is 51.0 Å². The summed E-state index contributed by atoms with van der Waals surface area (Å²) in [5.74, 6) is 0.168. The maximum Gasteiger partial charge on any atom is 0.292 e. The summed E-state index contributed by atoms with van der Waals surface area (Å²) in [6, 6.07) is 5.83. The van der Waals surface area contributed by atoms with Gasteiger partial charge in [0.2, 0.25) is 0 Å². The summed E-state index contributed by atoms with van der Waals surface area (Å²) in [4.78, 5) is 6.11. The van der Waals surface area contributed by atoms with Gasteiger partial charge in [-0.3, -0.25) is 0 Å². The van der Waals surface area contributed by atoms with Gasteiger partial charge in [0, 0.05) is 23.8 Å². The van der Waals surface area contributed by atoms with Gasteiger partial charge in [-0.2, -0.15) is 4.98 Å². The highest BCUT2D eigenvalue weighted by Gasteiger charge is 2.76. The smallest absolute Gasteiger partial charge is 0.292 e. The van der Waals surface area contributed by atoms with E-state index in [2.05, 4.69) is 30.1 Å². The molecular weight excluding hydrogens is 461 g/mol. The quantitative estimate of drug-likeness (QED) is 0.547. The molecule has 2 saturated heterocycles. The molecule has 1 aromatic carbocycles. The molecule has 2 unspecified atom stereocenters. The van der Waals surface area contributed by atoms with E-state index in [0.29, 0.717) is 18.4 Å². The van der Waals surface area contributed by atoms with Crippen molar-refractivity contribution in [2.75, 3.05) is 19.8 Å². The summed E-state index contributed by atoms with van der Waals surface area (Å²) in [5.41, 5.74) is 6.64. The Bertz CT molecular complexity index is 1340. The Balaban J connectivity index is 1.29. The Labute approximate surface area is 209 Å². The molecule has 2 spiro atoms. The summed E-state index contributed by atoms with van der Waals surface area (Å²) >= 11 is 0. The minimum Gasteiger partial charge on any atom is -0.424 e. The van der Waals surface area contributed by atoms with Crippen molar-refractivity contribution in [3.63, 3.8) is 0 Å². The lowest BCUT2D eigenvalue weighted by Crippen LogP contribution is -2.73. The van der Waals surface area contributed by atoms with Crippen molar-refractivity contribution < 1.29 is 23.8 Å². The summed E-state index contributed by atoms with van der Waals surface area (Å²) in [7, 11) is 3.73. The van der Waals surface area contributed by atoms with E-state index < -0.39 is 29.1 Å². The normalized spacial score (nSPS) is 45.3. The first-order valence-electron chi connectivity index (χ1n) is 13.0. The molecule has 3 heterocycles. The second-order valence-corrected chi connectivity index (χ2v) is 12.2. The number of benzene rings is 1. The molecule has 7 nitrogen and oxygen atoms in total. The lowest BCUT2D eigenvalue weighted by Gasteiger charge is -2.61. The summed E-state index contributed by atoms with van der Waals surface area (Å²) in [5, 5.41) is 21.9. The number of aromatic nitrogens is 1. The fraction of sp³-hybridized carbons (Fsp3) is 0.607. The maximum atomic E-state index is 16.8. The Morgan fingerprint density at radius 3 is 2.78 bits per heavy atom. The van der Waals surface area contributed by atoms with Crippen LogP contribution in [0.2, 0.25) is 0 Å². The summed E-state index contributed by atoms with van der Waals surface area (Å²) in [6.45, 7) is 2.30. The number of allylic oxidation sites excluding steroid dienone is 3. The molecule has 1 aromatic heterocycles. The number of ether oxygens (including phenoxy) is 1. The number of aliphatic hydroxyl groups is 2. The number of aliphatic hydroxyl groups excluding tert-OH is 2. The van der Waals surface area contributed by atoms with E-state index in [1.165, 1.54) is 5.57 Å². The summed E-state index contributed by atoms with van der Waals surface area (Å²) in [6.07, 6.45) is 5.21. The molecule has 7 rings (SSSR count). The van der Waals surface area contributed by atoms with Gasteiger partial charge in [-0.05, 0) is 75.0 Å². The second kappa shape index (κ2) is 6.98. The molecule has 3 aliphatic carbocycles. The zero-order valence-corrected chi connectivity index (χ0v) is 21.0. The zero-order chi connectivity index (χ0) is 25.3. The van der Waals surface area contributed by atoms with Crippen molar-refractivity contribution in [1.82, 2.24) is 9.88 Å². The Morgan fingerprint density at radius 1 is 1.19 bits per heavy atom. The molecule has 1 saturated carbocycles. The van der Waals surface area contributed by atoms with E-state index in [0.717, 1.165) is 35.9 Å². The first kappa shape index (κ1) is 22.9. The van der Waals surface area contributed by atoms with Crippen molar-refractivity contribution in [2.45, 2.75) is 80.6 Å². The number of fused-ring (bicyclic) bond motifs is 2. The Hall–Kier alpha value is -2.26. The predicted molar refractivity (Wildman–Crippen MR) is 134 cm³/mol. The third-order valence-electron chi connectivity index (χ3n) is 10.4. The van der Waals surface area contributed by atoms with Gasteiger partial charge in [0.15, 0.2) is 11.3 Å².